The van der Waals surface area contributed by atoms with Crippen LogP contribution in [-0.4, -0.2) is 96.7 Å². The Morgan fingerprint density at radius 3 is 0.978 bits per heavy atom. The van der Waals surface area contributed by atoms with Crippen LogP contribution in [0.4, 0.5) is 0 Å². The van der Waals surface area contributed by atoms with Crippen LogP contribution in [0.2, 0.25) is 0 Å². The summed E-state index contributed by atoms with van der Waals surface area (Å²) in [5.74, 6) is -0.681. The summed E-state index contributed by atoms with van der Waals surface area (Å²) in [5, 5.41) is 10.6. The number of phosphoric acid groups is 2. The van der Waals surface area contributed by atoms with Crippen LogP contribution in [0.1, 0.15) is 350 Å². The minimum absolute atomic E-state index is 0.0852. The zero-order valence-electron chi connectivity index (χ0n) is 59.3. The monoisotopic (exact) mass is 1350 g/mol. The number of rotatable bonds is 70. The van der Waals surface area contributed by atoms with Crippen LogP contribution in [0.5, 0.6) is 0 Å². The lowest BCUT2D eigenvalue weighted by Crippen LogP contribution is -2.30. The van der Waals surface area contributed by atoms with Crippen molar-refractivity contribution in [3.8, 4) is 0 Å². The highest BCUT2D eigenvalue weighted by molar-refractivity contribution is 7.47. The van der Waals surface area contributed by atoms with Gasteiger partial charge in [-0.2, -0.15) is 0 Å². The van der Waals surface area contributed by atoms with E-state index < -0.39 is 97.5 Å². The molecule has 0 amide bonds. The lowest BCUT2D eigenvalue weighted by atomic mass is 9.99. The Morgan fingerprint density at radius 2 is 0.641 bits per heavy atom. The predicted octanol–water partition coefficient (Wildman–Crippen LogP) is 20.7. The van der Waals surface area contributed by atoms with E-state index in [-0.39, 0.29) is 25.7 Å². The van der Waals surface area contributed by atoms with Crippen LogP contribution >= 0.6 is 15.6 Å². The molecule has 542 valence electrons. The molecule has 0 spiro atoms. The first-order valence-corrected chi connectivity index (χ1v) is 40.3. The van der Waals surface area contributed by atoms with E-state index in [9.17, 15) is 43.2 Å². The first-order valence-electron chi connectivity index (χ1n) is 37.3. The van der Waals surface area contributed by atoms with Gasteiger partial charge in [0.25, 0.3) is 0 Å². The third-order valence-electron chi connectivity index (χ3n) is 16.7. The molecule has 19 heteroatoms. The summed E-state index contributed by atoms with van der Waals surface area (Å²) >= 11 is 0. The van der Waals surface area contributed by atoms with Gasteiger partial charge in [0.2, 0.25) is 0 Å². The van der Waals surface area contributed by atoms with Crippen LogP contribution in [0.3, 0.4) is 0 Å². The number of hydrogen-bond acceptors (Lipinski definition) is 15. The molecule has 6 atom stereocenters. The molecule has 0 aliphatic carbocycles. The van der Waals surface area contributed by atoms with E-state index >= 15 is 0 Å². The maximum absolute atomic E-state index is 13.0. The summed E-state index contributed by atoms with van der Waals surface area (Å²) in [5.41, 5.74) is 0. The van der Waals surface area contributed by atoms with Crippen molar-refractivity contribution < 1.29 is 80.2 Å². The van der Waals surface area contributed by atoms with Crippen molar-refractivity contribution in [2.45, 2.75) is 368 Å². The number of carbonyl (C=O) groups is 4. The van der Waals surface area contributed by atoms with E-state index in [1.165, 1.54) is 148 Å². The number of unbranched alkanes of at least 4 members (excludes halogenated alkanes) is 36. The summed E-state index contributed by atoms with van der Waals surface area (Å²) in [6, 6.07) is 0. The van der Waals surface area contributed by atoms with Crippen LogP contribution in [0, 0.1) is 11.8 Å². The average Bonchev–Trinajstić information content (AvgIpc) is 1.96. The van der Waals surface area contributed by atoms with Gasteiger partial charge in [-0.05, 0) is 63.2 Å². The van der Waals surface area contributed by atoms with Gasteiger partial charge in [-0.1, -0.05) is 297 Å². The quantitative estimate of drug-likeness (QED) is 0.0169. The van der Waals surface area contributed by atoms with Crippen molar-refractivity contribution in [2.24, 2.45) is 11.8 Å². The summed E-state index contributed by atoms with van der Waals surface area (Å²) in [6.07, 6.45) is 53.5. The SMILES string of the molecule is CCCCCC/C=C\C=C/CCCCCCCC(=O)O[C@H](COC(=O)CCCCCCCCCCCCCCCCC)COP(=O)(O)OC[C@@H](O)COP(=O)(O)OC[C@@H](COC(=O)CCCCCCCCCC(C)C)OC(=O)CCCCCCCCCCC(C)CC. The number of phosphoric ester groups is 2. The molecule has 0 aromatic rings. The van der Waals surface area contributed by atoms with Gasteiger partial charge in [0.1, 0.15) is 19.3 Å². The normalized spacial score (nSPS) is 14.5. The molecule has 92 heavy (non-hydrogen) atoms. The third-order valence-corrected chi connectivity index (χ3v) is 18.6. The molecule has 0 aromatic carbocycles. The van der Waals surface area contributed by atoms with Gasteiger partial charge >= 0.3 is 39.5 Å². The molecular formula is C73H138O17P2. The van der Waals surface area contributed by atoms with Crippen molar-refractivity contribution >= 4 is 39.5 Å². The Bertz CT molecular complexity index is 1880. The van der Waals surface area contributed by atoms with Gasteiger partial charge in [-0.25, -0.2) is 9.13 Å². The van der Waals surface area contributed by atoms with Gasteiger partial charge in [-0.15, -0.1) is 0 Å². The molecule has 0 rings (SSSR count). The number of esters is 4. The molecule has 0 heterocycles. The fourth-order valence-corrected chi connectivity index (χ4v) is 12.1. The second-order valence-corrected chi connectivity index (χ2v) is 29.3. The number of carbonyl (C=O) groups excluding carboxylic acids is 4. The molecule has 17 nitrogen and oxygen atoms in total. The Labute approximate surface area is 561 Å². The van der Waals surface area contributed by atoms with Gasteiger partial charge < -0.3 is 33.8 Å². The second kappa shape index (κ2) is 64.5. The number of aliphatic hydroxyl groups is 1. The molecular weight excluding hydrogens is 1210 g/mol. The summed E-state index contributed by atoms with van der Waals surface area (Å²) in [7, 11) is -9.92. The average molecular weight is 1350 g/mol. The van der Waals surface area contributed by atoms with E-state index in [0.717, 1.165) is 115 Å². The van der Waals surface area contributed by atoms with Gasteiger partial charge in [0.15, 0.2) is 12.2 Å². The molecule has 0 aliphatic heterocycles. The van der Waals surface area contributed by atoms with Crippen molar-refractivity contribution in [1.29, 1.82) is 0 Å². The van der Waals surface area contributed by atoms with Crippen LogP contribution in [0.25, 0.3) is 0 Å². The van der Waals surface area contributed by atoms with Crippen LogP contribution < -0.4 is 0 Å². The Morgan fingerprint density at radius 1 is 0.359 bits per heavy atom. The molecule has 0 aromatic heterocycles. The third kappa shape index (κ3) is 64.9. The van der Waals surface area contributed by atoms with E-state index in [1.807, 2.05) is 0 Å². The Kier molecular flexibility index (Phi) is 62.8. The Hall–Kier alpha value is -2.46. The molecule has 0 aliphatic rings. The fraction of sp³-hybridized carbons (Fsp3) is 0.890. The molecule has 3 unspecified atom stereocenters. The summed E-state index contributed by atoms with van der Waals surface area (Å²) in [4.78, 5) is 72.6. The van der Waals surface area contributed by atoms with Crippen molar-refractivity contribution in [2.75, 3.05) is 39.6 Å². The number of ether oxygens (including phenoxy) is 4. The second-order valence-electron chi connectivity index (χ2n) is 26.4. The standard InChI is InChI=1S/C73H138O17P2/c1-7-10-12-14-16-18-20-22-24-26-28-30-37-43-49-55-70(75)83-61-68(89-72(77)57-51-45-38-31-29-27-25-23-21-19-17-15-13-11-8-2)63-87-91(79,80)85-59-67(74)60-86-92(81,82)88-64-69(62-84-71(76)56-50-44-40-34-35-41-47-53-65(4)5)90-73(78)58-52-46-39-33-32-36-42-48-54-66(6)9-3/h19,21,23,25,65-69,74H,7-18,20,22,24,26-64H2,1-6H3,(H,79,80)(H,81,82)/b21-19-,25-23-/t66?,67-,68-,69-/m1/s1. The van der Waals surface area contributed by atoms with E-state index in [4.69, 9.17) is 37.0 Å². The zero-order chi connectivity index (χ0) is 67.9. The number of aliphatic hydroxyl groups excluding tert-OH is 1. The highest BCUT2D eigenvalue weighted by atomic mass is 31.2. The molecule has 0 saturated carbocycles. The Balaban J connectivity index is 5.29. The first kappa shape index (κ1) is 89.5. The number of allylic oxidation sites excluding steroid dienone is 4. The lowest BCUT2D eigenvalue weighted by molar-refractivity contribution is -0.161. The highest BCUT2D eigenvalue weighted by Gasteiger charge is 2.30. The topological polar surface area (TPSA) is 237 Å². The van der Waals surface area contributed by atoms with Gasteiger partial charge in [0.05, 0.1) is 26.4 Å². The minimum Gasteiger partial charge on any atom is -0.462 e. The van der Waals surface area contributed by atoms with Gasteiger partial charge in [-0.3, -0.25) is 37.3 Å². The maximum Gasteiger partial charge on any atom is 0.472 e. The predicted molar refractivity (Wildman–Crippen MR) is 372 cm³/mol. The molecule has 0 saturated heterocycles. The smallest absolute Gasteiger partial charge is 0.462 e. The highest BCUT2D eigenvalue weighted by Crippen LogP contribution is 2.45. The maximum atomic E-state index is 13.0. The lowest BCUT2D eigenvalue weighted by Gasteiger charge is -2.21. The molecule has 0 radical (unpaired) electrons. The molecule has 0 bridgehead atoms. The van der Waals surface area contributed by atoms with E-state index in [1.54, 1.807) is 0 Å². The molecule has 3 N–H and O–H groups in total. The largest absolute Gasteiger partial charge is 0.472 e. The first-order chi connectivity index (χ1) is 44.4. The van der Waals surface area contributed by atoms with Crippen LogP contribution in [0.15, 0.2) is 24.3 Å². The zero-order valence-corrected chi connectivity index (χ0v) is 61.1. The van der Waals surface area contributed by atoms with Crippen molar-refractivity contribution in [1.82, 2.24) is 0 Å². The fourth-order valence-electron chi connectivity index (χ4n) is 10.5. The van der Waals surface area contributed by atoms with Crippen LogP contribution in [-0.2, 0) is 65.4 Å². The van der Waals surface area contributed by atoms with Gasteiger partial charge in [0, 0.05) is 25.7 Å². The van der Waals surface area contributed by atoms with Crippen molar-refractivity contribution in [3.05, 3.63) is 24.3 Å². The number of hydrogen-bond donors (Lipinski definition) is 3. The summed E-state index contributed by atoms with van der Waals surface area (Å²) in [6.45, 7) is 9.44. The van der Waals surface area contributed by atoms with Crippen molar-refractivity contribution in [3.63, 3.8) is 0 Å². The van der Waals surface area contributed by atoms with E-state index in [0.29, 0.717) is 31.6 Å². The summed E-state index contributed by atoms with van der Waals surface area (Å²) < 4.78 is 68.3. The minimum atomic E-state index is -4.96. The van der Waals surface area contributed by atoms with E-state index in [2.05, 4.69) is 65.8 Å². The molecule has 0 fully saturated rings.